The minimum absolute atomic E-state index is 0. The van der Waals surface area contributed by atoms with Crippen LogP contribution in [0.4, 0.5) is 0 Å². The molecule has 19 heavy (non-hydrogen) atoms. The van der Waals surface area contributed by atoms with Gasteiger partial charge in [-0.25, -0.2) is 4.98 Å². The van der Waals surface area contributed by atoms with Gasteiger partial charge in [-0.2, -0.15) is 0 Å². The van der Waals surface area contributed by atoms with Crippen LogP contribution in [0.15, 0.2) is 54.9 Å². The van der Waals surface area contributed by atoms with Gasteiger partial charge < -0.3 is 4.40 Å². The molecule has 0 radical (unpaired) electrons. The molecule has 0 amide bonds. The number of nitrogens with zero attached hydrogens (tertiary/aromatic N) is 2. The summed E-state index contributed by atoms with van der Waals surface area (Å²) in [5, 5.41) is 0.610. The van der Waals surface area contributed by atoms with Gasteiger partial charge in [0.1, 0.15) is 11.3 Å². The molecule has 3 rings (SSSR count). The molecule has 0 N–H and O–H groups in total. The molecule has 96 valence electrons. The van der Waals surface area contributed by atoms with E-state index >= 15 is 0 Å². The average Bonchev–Trinajstić information content (AvgIpc) is 2.81. The largest absolute Gasteiger partial charge is 0.305 e. The van der Waals surface area contributed by atoms with Gasteiger partial charge in [-0.05, 0) is 12.1 Å². The standard InChI is InChI=1S/C14H9ClN2O.BrH/c15-11-6-7-13-16-12(9-17(13)8-11)14(18)10-4-2-1-3-5-10;/h1-9H;1H. The molecule has 0 aliphatic rings. The zero-order valence-corrected chi connectivity index (χ0v) is 12.3. The highest BCUT2D eigenvalue weighted by Crippen LogP contribution is 2.14. The fourth-order valence-corrected chi connectivity index (χ4v) is 1.98. The number of hydrogen-bond acceptors (Lipinski definition) is 2. The highest BCUT2D eigenvalue weighted by atomic mass is 79.9. The van der Waals surface area contributed by atoms with E-state index in [4.69, 9.17) is 11.6 Å². The van der Waals surface area contributed by atoms with Crippen molar-refractivity contribution in [1.82, 2.24) is 9.38 Å². The molecule has 0 bridgehead atoms. The number of fused-ring (bicyclic) bond motifs is 1. The Morgan fingerprint density at radius 1 is 1.05 bits per heavy atom. The summed E-state index contributed by atoms with van der Waals surface area (Å²) < 4.78 is 1.75. The number of halogens is 2. The van der Waals surface area contributed by atoms with Gasteiger partial charge in [0.15, 0.2) is 0 Å². The quantitative estimate of drug-likeness (QED) is 0.667. The molecule has 0 saturated heterocycles. The van der Waals surface area contributed by atoms with E-state index in [1.807, 2.05) is 18.2 Å². The van der Waals surface area contributed by atoms with Crippen molar-refractivity contribution in [3.8, 4) is 0 Å². The van der Waals surface area contributed by atoms with E-state index in [1.165, 1.54) is 0 Å². The van der Waals surface area contributed by atoms with Crippen LogP contribution in [-0.4, -0.2) is 15.2 Å². The van der Waals surface area contributed by atoms with Gasteiger partial charge in [0.2, 0.25) is 5.78 Å². The van der Waals surface area contributed by atoms with Crippen LogP contribution in [0.2, 0.25) is 5.02 Å². The van der Waals surface area contributed by atoms with Crippen LogP contribution in [0.3, 0.4) is 0 Å². The van der Waals surface area contributed by atoms with Gasteiger partial charge in [-0.1, -0.05) is 41.9 Å². The fourth-order valence-electron chi connectivity index (χ4n) is 1.81. The van der Waals surface area contributed by atoms with Crippen LogP contribution in [0, 0.1) is 0 Å². The molecular weight excluding hydrogens is 328 g/mol. The molecule has 2 aromatic heterocycles. The first kappa shape index (κ1) is 13.8. The molecule has 5 heteroatoms. The minimum Gasteiger partial charge on any atom is -0.305 e. The number of benzene rings is 1. The molecule has 0 spiro atoms. The van der Waals surface area contributed by atoms with Gasteiger partial charge in [0.05, 0.1) is 5.02 Å². The zero-order chi connectivity index (χ0) is 12.5. The molecule has 0 unspecified atom stereocenters. The summed E-state index contributed by atoms with van der Waals surface area (Å²) >= 11 is 5.89. The van der Waals surface area contributed by atoms with Crippen molar-refractivity contribution in [2.75, 3.05) is 0 Å². The van der Waals surface area contributed by atoms with Crippen LogP contribution in [-0.2, 0) is 0 Å². The Balaban J connectivity index is 0.00000133. The third-order valence-electron chi connectivity index (χ3n) is 2.68. The van der Waals surface area contributed by atoms with Crippen molar-refractivity contribution in [1.29, 1.82) is 0 Å². The molecule has 0 atom stereocenters. The first-order valence-corrected chi connectivity index (χ1v) is 5.86. The lowest BCUT2D eigenvalue weighted by molar-refractivity contribution is 0.103. The lowest BCUT2D eigenvalue weighted by Gasteiger charge is -1.95. The molecule has 0 aliphatic heterocycles. The van der Waals surface area contributed by atoms with Crippen molar-refractivity contribution in [2.45, 2.75) is 0 Å². The SMILES string of the molecule is Br.O=C(c1ccccc1)c1cn2cc(Cl)ccc2n1. The number of aromatic nitrogens is 2. The Hall–Kier alpha value is -1.65. The second-order valence-corrected chi connectivity index (χ2v) is 4.37. The van der Waals surface area contributed by atoms with E-state index in [1.54, 1.807) is 41.1 Å². The van der Waals surface area contributed by atoms with Gasteiger partial charge in [-0.3, -0.25) is 4.79 Å². The summed E-state index contributed by atoms with van der Waals surface area (Å²) in [5.41, 5.74) is 1.76. The van der Waals surface area contributed by atoms with Crippen LogP contribution in [0.25, 0.3) is 5.65 Å². The predicted octanol–water partition coefficient (Wildman–Crippen LogP) is 3.80. The van der Waals surface area contributed by atoms with Crippen molar-refractivity contribution in [3.05, 3.63) is 71.1 Å². The summed E-state index contributed by atoms with van der Waals surface area (Å²) in [6.45, 7) is 0. The number of ketones is 1. The molecule has 0 aliphatic carbocycles. The number of rotatable bonds is 2. The number of pyridine rings is 1. The molecule has 2 heterocycles. The Morgan fingerprint density at radius 3 is 2.53 bits per heavy atom. The van der Waals surface area contributed by atoms with Crippen LogP contribution in [0.1, 0.15) is 16.1 Å². The van der Waals surface area contributed by atoms with Crippen molar-refractivity contribution in [3.63, 3.8) is 0 Å². The molecule has 3 aromatic rings. The smallest absolute Gasteiger partial charge is 0.212 e. The fraction of sp³-hybridized carbons (Fsp3) is 0. The van der Waals surface area contributed by atoms with E-state index in [2.05, 4.69) is 4.98 Å². The Labute approximate surface area is 125 Å². The second-order valence-electron chi connectivity index (χ2n) is 3.93. The molecule has 3 nitrogen and oxygen atoms in total. The maximum Gasteiger partial charge on any atom is 0.212 e. The summed E-state index contributed by atoms with van der Waals surface area (Å²) in [7, 11) is 0. The van der Waals surface area contributed by atoms with Gasteiger partial charge >= 0.3 is 0 Å². The monoisotopic (exact) mass is 336 g/mol. The number of imidazole rings is 1. The van der Waals surface area contributed by atoms with Crippen molar-refractivity contribution >= 4 is 40.0 Å². The van der Waals surface area contributed by atoms with Crippen LogP contribution >= 0.6 is 28.6 Å². The van der Waals surface area contributed by atoms with Gasteiger partial charge in [0.25, 0.3) is 0 Å². The molecule has 0 saturated carbocycles. The van der Waals surface area contributed by atoms with Crippen LogP contribution < -0.4 is 0 Å². The predicted molar refractivity (Wildman–Crippen MR) is 80.4 cm³/mol. The van der Waals surface area contributed by atoms with Crippen LogP contribution in [0.5, 0.6) is 0 Å². The highest BCUT2D eigenvalue weighted by molar-refractivity contribution is 8.93. The first-order chi connectivity index (χ1) is 8.74. The van der Waals surface area contributed by atoms with E-state index in [0.717, 1.165) is 0 Å². The van der Waals surface area contributed by atoms with E-state index in [9.17, 15) is 4.79 Å². The molecular formula is C14H10BrClN2O. The van der Waals surface area contributed by atoms with Crippen molar-refractivity contribution in [2.24, 2.45) is 0 Å². The Bertz CT molecular complexity index is 725. The summed E-state index contributed by atoms with van der Waals surface area (Å²) in [6, 6.07) is 12.6. The average molecular weight is 338 g/mol. The first-order valence-electron chi connectivity index (χ1n) is 5.48. The third kappa shape index (κ3) is 2.69. The van der Waals surface area contributed by atoms with E-state index < -0.39 is 0 Å². The normalized spacial score (nSPS) is 10.2. The second kappa shape index (κ2) is 5.55. The number of carbonyl (C=O) groups excluding carboxylic acids is 1. The minimum atomic E-state index is -0.0876. The van der Waals surface area contributed by atoms with E-state index in [0.29, 0.717) is 21.9 Å². The molecule has 1 aromatic carbocycles. The van der Waals surface area contributed by atoms with E-state index in [-0.39, 0.29) is 22.8 Å². The summed E-state index contributed by atoms with van der Waals surface area (Å²) in [4.78, 5) is 16.5. The summed E-state index contributed by atoms with van der Waals surface area (Å²) in [5.74, 6) is -0.0876. The zero-order valence-electron chi connectivity index (χ0n) is 9.79. The van der Waals surface area contributed by atoms with Gasteiger partial charge in [0, 0.05) is 18.0 Å². The Kier molecular flexibility index (Phi) is 4.02. The summed E-state index contributed by atoms with van der Waals surface area (Å²) in [6.07, 6.45) is 3.42. The number of carbonyl (C=O) groups is 1. The van der Waals surface area contributed by atoms with Crippen molar-refractivity contribution < 1.29 is 4.79 Å². The topological polar surface area (TPSA) is 34.4 Å². The molecule has 0 fully saturated rings. The number of hydrogen-bond donors (Lipinski definition) is 0. The lowest BCUT2D eigenvalue weighted by Crippen LogP contribution is -2.00. The maximum absolute atomic E-state index is 12.2. The Morgan fingerprint density at radius 2 is 1.79 bits per heavy atom. The maximum atomic E-state index is 12.2. The third-order valence-corrected chi connectivity index (χ3v) is 2.91. The van der Waals surface area contributed by atoms with Gasteiger partial charge in [-0.15, -0.1) is 17.0 Å². The highest BCUT2D eigenvalue weighted by Gasteiger charge is 2.12. The lowest BCUT2D eigenvalue weighted by atomic mass is 10.1.